The zero-order valence-electron chi connectivity index (χ0n) is 15.2. The fraction of sp³-hybridized carbons (Fsp3) is 0.650. The fourth-order valence-electron chi connectivity index (χ4n) is 3.76. The number of fused-ring (bicyclic) bond motifs is 1. The van der Waals surface area contributed by atoms with Crippen LogP contribution in [0.25, 0.3) is 0 Å². The monoisotopic (exact) mass is 330 g/mol. The van der Waals surface area contributed by atoms with Gasteiger partial charge in [-0.3, -0.25) is 4.79 Å². The van der Waals surface area contributed by atoms with Crippen LogP contribution in [0, 0.1) is 11.8 Å². The highest BCUT2D eigenvalue weighted by molar-refractivity contribution is 5.77. The summed E-state index contributed by atoms with van der Waals surface area (Å²) in [6.07, 6.45) is 2.23. The van der Waals surface area contributed by atoms with Crippen LogP contribution in [0.3, 0.4) is 0 Å². The lowest BCUT2D eigenvalue weighted by molar-refractivity contribution is -0.133. The molecule has 0 bridgehead atoms. The maximum Gasteiger partial charge on any atom is 0.260 e. The molecule has 3 rings (SSSR count). The Morgan fingerprint density at radius 1 is 1.12 bits per heavy atom. The molecule has 4 heteroatoms. The third-order valence-electron chi connectivity index (χ3n) is 5.45. The highest BCUT2D eigenvalue weighted by Gasteiger charge is 2.31. The van der Waals surface area contributed by atoms with Gasteiger partial charge in [-0.25, -0.2) is 0 Å². The molecule has 0 unspecified atom stereocenters. The van der Waals surface area contributed by atoms with Crippen molar-refractivity contribution in [2.45, 2.75) is 39.0 Å². The van der Waals surface area contributed by atoms with Crippen LogP contribution in [0.15, 0.2) is 24.3 Å². The first-order valence-corrected chi connectivity index (χ1v) is 9.15. The molecule has 1 amide bonds. The maximum absolute atomic E-state index is 12.5. The van der Waals surface area contributed by atoms with Crippen LogP contribution in [-0.4, -0.2) is 43.6 Å². The zero-order valence-corrected chi connectivity index (χ0v) is 15.2. The molecule has 0 radical (unpaired) electrons. The van der Waals surface area contributed by atoms with Gasteiger partial charge in [0.15, 0.2) is 6.61 Å². The van der Waals surface area contributed by atoms with E-state index >= 15 is 0 Å². The molecular weight excluding hydrogens is 300 g/mol. The van der Waals surface area contributed by atoms with Crippen LogP contribution in [0.4, 0.5) is 0 Å². The van der Waals surface area contributed by atoms with E-state index in [1.165, 1.54) is 5.56 Å². The Balaban J connectivity index is 1.50. The summed E-state index contributed by atoms with van der Waals surface area (Å²) >= 11 is 0. The molecule has 2 saturated heterocycles. The molecule has 24 heavy (non-hydrogen) atoms. The number of hydrogen-bond donors (Lipinski definition) is 1. The molecule has 0 saturated carbocycles. The standard InChI is InChI=1S/C20H30N2O2/c1-20(2,3)17-4-6-18(7-5-17)24-14-19(23)22-10-8-15-12-21-13-16(15)9-11-22/h4-7,15-16,21H,8-14H2,1-3H3/t15-,16+. The topological polar surface area (TPSA) is 41.6 Å². The van der Waals surface area contributed by atoms with Crippen molar-refractivity contribution in [1.82, 2.24) is 10.2 Å². The molecule has 0 aliphatic carbocycles. The summed E-state index contributed by atoms with van der Waals surface area (Å²) in [6, 6.07) is 8.10. The first kappa shape index (κ1) is 17.3. The lowest BCUT2D eigenvalue weighted by atomic mass is 9.87. The molecule has 0 spiro atoms. The number of ether oxygens (including phenoxy) is 1. The number of carbonyl (C=O) groups excluding carboxylic acids is 1. The molecule has 2 heterocycles. The number of hydrogen-bond acceptors (Lipinski definition) is 3. The fourth-order valence-corrected chi connectivity index (χ4v) is 3.76. The lowest BCUT2D eigenvalue weighted by Crippen LogP contribution is -2.36. The predicted octanol–water partition coefficient (Wildman–Crippen LogP) is 2.82. The van der Waals surface area contributed by atoms with E-state index < -0.39 is 0 Å². The number of nitrogens with zero attached hydrogens (tertiary/aromatic N) is 1. The zero-order chi connectivity index (χ0) is 17.2. The van der Waals surface area contributed by atoms with Crippen LogP contribution in [0.5, 0.6) is 5.75 Å². The van der Waals surface area contributed by atoms with Gasteiger partial charge in [-0.05, 0) is 60.9 Å². The first-order chi connectivity index (χ1) is 11.4. The third kappa shape index (κ3) is 4.10. The Bertz CT molecular complexity index is 548. The van der Waals surface area contributed by atoms with E-state index in [1.807, 2.05) is 17.0 Å². The van der Waals surface area contributed by atoms with Crippen LogP contribution >= 0.6 is 0 Å². The Morgan fingerprint density at radius 2 is 1.71 bits per heavy atom. The van der Waals surface area contributed by atoms with E-state index in [4.69, 9.17) is 4.74 Å². The molecule has 2 aliphatic heterocycles. The SMILES string of the molecule is CC(C)(C)c1ccc(OCC(=O)N2CC[C@@H]3CNC[C@@H]3CC2)cc1. The maximum atomic E-state index is 12.5. The quantitative estimate of drug-likeness (QED) is 0.926. The summed E-state index contributed by atoms with van der Waals surface area (Å²) in [6.45, 7) is 10.7. The van der Waals surface area contributed by atoms with Crippen LogP contribution in [-0.2, 0) is 10.2 Å². The summed E-state index contributed by atoms with van der Waals surface area (Å²) in [4.78, 5) is 14.4. The van der Waals surface area contributed by atoms with Crippen molar-refractivity contribution in [1.29, 1.82) is 0 Å². The van der Waals surface area contributed by atoms with Gasteiger partial charge in [0.25, 0.3) is 5.91 Å². The van der Waals surface area contributed by atoms with E-state index in [9.17, 15) is 4.79 Å². The number of rotatable bonds is 3. The molecule has 132 valence electrons. The van der Waals surface area contributed by atoms with Gasteiger partial charge in [0.2, 0.25) is 0 Å². The second kappa shape index (κ2) is 7.14. The smallest absolute Gasteiger partial charge is 0.260 e. The van der Waals surface area contributed by atoms with E-state index in [1.54, 1.807) is 0 Å². The number of nitrogens with one attached hydrogen (secondary N) is 1. The molecular formula is C20H30N2O2. The Morgan fingerprint density at radius 3 is 2.25 bits per heavy atom. The van der Waals surface area contributed by atoms with Crippen LogP contribution < -0.4 is 10.1 Å². The molecule has 2 aliphatic rings. The number of carbonyl (C=O) groups is 1. The van der Waals surface area contributed by atoms with Crippen molar-refractivity contribution >= 4 is 5.91 Å². The highest BCUT2D eigenvalue weighted by Crippen LogP contribution is 2.27. The number of benzene rings is 1. The van der Waals surface area contributed by atoms with Crippen molar-refractivity contribution in [2.75, 3.05) is 32.8 Å². The summed E-state index contributed by atoms with van der Waals surface area (Å²) in [5, 5.41) is 3.47. The van der Waals surface area contributed by atoms with Gasteiger partial charge in [-0.15, -0.1) is 0 Å². The third-order valence-corrected chi connectivity index (χ3v) is 5.45. The van der Waals surface area contributed by atoms with E-state index in [0.717, 1.165) is 56.6 Å². The van der Waals surface area contributed by atoms with E-state index in [2.05, 4.69) is 38.2 Å². The van der Waals surface area contributed by atoms with Gasteiger partial charge >= 0.3 is 0 Å². The van der Waals surface area contributed by atoms with Gasteiger partial charge in [0, 0.05) is 13.1 Å². The molecule has 2 atom stereocenters. The van der Waals surface area contributed by atoms with Gasteiger partial charge in [-0.2, -0.15) is 0 Å². The highest BCUT2D eigenvalue weighted by atomic mass is 16.5. The Labute approximate surface area is 145 Å². The normalized spacial score (nSPS) is 24.4. The Hall–Kier alpha value is -1.55. The summed E-state index contributed by atoms with van der Waals surface area (Å²) in [5.41, 5.74) is 1.40. The predicted molar refractivity (Wildman–Crippen MR) is 96.3 cm³/mol. The number of likely N-dealkylation sites (tertiary alicyclic amines) is 1. The van der Waals surface area contributed by atoms with E-state index in [0.29, 0.717) is 0 Å². The summed E-state index contributed by atoms with van der Waals surface area (Å²) in [7, 11) is 0. The molecule has 4 nitrogen and oxygen atoms in total. The average Bonchev–Trinajstić information content (AvgIpc) is 2.90. The van der Waals surface area contributed by atoms with Gasteiger partial charge in [-0.1, -0.05) is 32.9 Å². The van der Waals surface area contributed by atoms with Crippen LogP contribution in [0.1, 0.15) is 39.2 Å². The molecule has 1 aromatic rings. The average molecular weight is 330 g/mol. The Kier molecular flexibility index (Phi) is 5.14. The van der Waals surface area contributed by atoms with Crippen molar-refractivity contribution in [3.8, 4) is 5.75 Å². The summed E-state index contributed by atoms with van der Waals surface area (Å²) < 4.78 is 5.72. The van der Waals surface area contributed by atoms with Crippen molar-refractivity contribution < 1.29 is 9.53 Å². The summed E-state index contributed by atoms with van der Waals surface area (Å²) in [5.74, 6) is 2.37. The minimum Gasteiger partial charge on any atom is -0.484 e. The second-order valence-corrected chi connectivity index (χ2v) is 8.20. The van der Waals surface area contributed by atoms with E-state index in [-0.39, 0.29) is 17.9 Å². The molecule has 1 N–H and O–H groups in total. The molecule has 0 aromatic heterocycles. The van der Waals surface area contributed by atoms with Crippen molar-refractivity contribution in [2.24, 2.45) is 11.8 Å². The van der Waals surface area contributed by atoms with Gasteiger partial charge in [0.05, 0.1) is 0 Å². The van der Waals surface area contributed by atoms with Gasteiger partial charge < -0.3 is 15.0 Å². The molecule has 2 fully saturated rings. The van der Waals surface area contributed by atoms with Crippen molar-refractivity contribution in [3.63, 3.8) is 0 Å². The second-order valence-electron chi connectivity index (χ2n) is 8.20. The van der Waals surface area contributed by atoms with Crippen molar-refractivity contribution in [3.05, 3.63) is 29.8 Å². The van der Waals surface area contributed by atoms with Crippen LogP contribution in [0.2, 0.25) is 0 Å². The first-order valence-electron chi connectivity index (χ1n) is 9.15. The lowest BCUT2D eigenvalue weighted by Gasteiger charge is -2.21. The minimum atomic E-state index is 0.114. The number of amides is 1. The minimum absolute atomic E-state index is 0.114. The van der Waals surface area contributed by atoms with Gasteiger partial charge in [0.1, 0.15) is 5.75 Å². The molecule has 1 aromatic carbocycles. The largest absolute Gasteiger partial charge is 0.484 e.